The maximum atomic E-state index is 6.21. The highest BCUT2D eigenvalue weighted by atomic mass is 14.3. The van der Waals surface area contributed by atoms with E-state index in [2.05, 4.69) is 25.3 Å². The molecular weight excluding hydrogens is 172 g/mol. The van der Waals surface area contributed by atoms with Gasteiger partial charge in [0.1, 0.15) is 0 Å². The van der Waals surface area contributed by atoms with Gasteiger partial charge in [-0.3, -0.25) is 10.8 Å². The lowest BCUT2D eigenvalue weighted by molar-refractivity contribution is 0.886. The third-order valence-electron chi connectivity index (χ3n) is 0.933. The van der Waals surface area contributed by atoms with E-state index in [0.29, 0.717) is 0 Å². The second-order valence-corrected chi connectivity index (χ2v) is 2.12. The fourth-order valence-corrected chi connectivity index (χ4v) is 0.144. The summed E-state index contributed by atoms with van der Waals surface area (Å²) in [5, 5.41) is 12.4. The van der Waals surface area contributed by atoms with Crippen LogP contribution in [0, 0.1) is 10.8 Å². The predicted molar refractivity (Wildman–Crippen MR) is 63.5 cm³/mol. The van der Waals surface area contributed by atoms with E-state index in [9.17, 15) is 0 Å². The van der Waals surface area contributed by atoms with Gasteiger partial charge < -0.3 is 0 Å². The van der Waals surface area contributed by atoms with Gasteiger partial charge in [-0.15, -0.1) is 0 Å². The van der Waals surface area contributed by atoms with Crippen molar-refractivity contribution >= 4 is 11.7 Å². The molecule has 0 saturated heterocycles. The Morgan fingerprint density at radius 1 is 0.857 bits per heavy atom. The molecule has 2 N–H and O–H groups in total. The van der Waals surface area contributed by atoms with Gasteiger partial charge in [-0.2, -0.15) is 0 Å². The van der Waals surface area contributed by atoms with Gasteiger partial charge in [-0.1, -0.05) is 38.2 Å². The number of rotatable bonds is 1. The third-order valence-corrected chi connectivity index (χ3v) is 0.933. The van der Waals surface area contributed by atoms with E-state index in [-0.39, 0.29) is 0 Å². The molecule has 0 aromatic rings. The second-order valence-electron chi connectivity index (χ2n) is 2.12. The number of hydrogen-bond donors (Lipinski definition) is 2. The van der Waals surface area contributed by atoms with Crippen LogP contribution in [0.15, 0.2) is 23.6 Å². The molecule has 0 aliphatic heterocycles. The van der Waals surface area contributed by atoms with Gasteiger partial charge >= 0.3 is 0 Å². The van der Waals surface area contributed by atoms with Crippen LogP contribution in [0.2, 0.25) is 0 Å². The van der Waals surface area contributed by atoms with Crippen LogP contribution in [-0.2, 0) is 0 Å². The molecule has 14 heavy (non-hydrogen) atoms. The summed E-state index contributed by atoms with van der Waals surface area (Å²) in [6, 6.07) is 0. The van der Waals surface area contributed by atoms with Crippen molar-refractivity contribution in [2.24, 2.45) is 0 Å². The first kappa shape index (κ1) is 18.3. The van der Waals surface area contributed by atoms with Gasteiger partial charge in [0.2, 0.25) is 0 Å². The maximum Gasteiger partial charge on any atom is 0.0300 e. The van der Waals surface area contributed by atoms with E-state index >= 15 is 0 Å². The van der Waals surface area contributed by atoms with Crippen LogP contribution >= 0.6 is 0 Å². The summed E-state index contributed by atoms with van der Waals surface area (Å²) in [6.07, 6.45) is 5.90. The van der Waals surface area contributed by atoms with Gasteiger partial charge in [-0.05, 0) is 26.0 Å². The molecule has 0 aliphatic carbocycles. The quantitative estimate of drug-likeness (QED) is 0.469. The molecule has 2 heteroatoms. The van der Waals surface area contributed by atoms with E-state index in [1.54, 1.807) is 26.0 Å². The molecule has 0 heterocycles. The van der Waals surface area contributed by atoms with Crippen LogP contribution in [-0.4, -0.2) is 11.7 Å². The van der Waals surface area contributed by atoms with Gasteiger partial charge in [0, 0.05) is 11.7 Å². The largest absolute Gasteiger partial charge is 0.251 e. The lowest BCUT2D eigenvalue weighted by atomic mass is 10.4. The van der Waals surface area contributed by atoms with E-state index in [1.807, 2.05) is 11.7 Å². The Morgan fingerprint density at radius 3 is 1.14 bits per heavy atom. The molecule has 0 bridgehead atoms. The Bertz CT molecular complexity index is 213. The normalized spacial score (nSPS) is 5.14. The summed E-state index contributed by atoms with van der Waals surface area (Å²) in [4.78, 5) is 0. The number of unbranched alkanes of at least 4 members (excludes halogenated alkanes) is 1. The Balaban J connectivity index is -0.000000131. The van der Waals surface area contributed by atoms with Crippen molar-refractivity contribution in [3.05, 3.63) is 23.6 Å². The van der Waals surface area contributed by atoms with Crippen molar-refractivity contribution in [1.29, 1.82) is 10.8 Å². The molecule has 0 aromatic carbocycles. The lowest BCUT2D eigenvalue weighted by Crippen LogP contribution is -1.47. The van der Waals surface area contributed by atoms with Crippen LogP contribution in [0.3, 0.4) is 0 Å². The molecule has 0 atom stereocenters. The fourth-order valence-electron chi connectivity index (χ4n) is 0.144. The maximum absolute atomic E-state index is 6.21. The summed E-state index contributed by atoms with van der Waals surface area (Å²) >= 11 is 0. The molecule has 0 spiro atoms. The first-order chi connectivity index (χ1) is 6.74. The zero-order valence-corrected chi connectivity index (χ0v) is 9.57. The third kappa shape index (κ3) is 78.2. The minimum Gasteiger partial charge on any atom is -0.251 e. The fraction of sp³-hybridized carbons (Fsp3) is 0.500. The monoisotopic (exact) mass is 192 g/mol. The molecule has 0 radical (unpaired) electrons. The van der Waals surface area contributed by atoms with Crippen LogP contribution in [0.1, 0.15) is 40.5 Å². The topological polar surface area (TPSA) is 47.7 Å². The Morgan fingerprint density at radius 2 is 1.14 bits per heavy atom. The number of nitrogens with one attached hydrogen (secondary N) is 2. The van der Waals surface area contributed by atoms with Crippen molar-refractivity contribution in [2.75, 3.05) is 0 Å². The van der Waals surface area contributed by atoms with E-state index < -0.39 is 0 Å². The van der Waals surface area contributed by atoms with Crippen molar-refractivity contribution in [1.82, 2.24) is 0 Å². The average molecular weight is 192 g/mol. The zero-order valence-electron chi connectivity index (χ0n) is 9.57. The standard InChI is InChI=1S/2C4H5N.C4H10/c2*1-2-3-4-5;1-3-4-2/h2*2,5H,1H3;3-4H2,1-2H3. The van der Waals surface area contributed by atoms with E-state index in [0.717, 1.165) is 0 Å². The molecule has 78 valence electrons. The van der Waals surface area contributed by atoms with Crippen molar-refractivity contribution in [3.63, 3.8) is 0 Å². The lowest BCUT2D eigenvalue weighted by Gasteiger charge is -1.68. The minimum atomic E-state index is 1.32. The van der Waals surface area contributed by atoms with Crippen LogP contribution < -0.4 is 0 Å². The summed E-state index contributed by atoms with van der Waals surface area (Å²) in [5.74, 6) is 3.92. The second kappa shape index (κ2) is 30.0. The molecule has 0 aliphatic rings. The zero-order chi connectivity index (χ0) is 11.7. The highest BCUT2D eigenvalue weighted by molar-refractivity contribution is 5.45. The Kier molecular flexibility index (Phi) is 39.2. The molecule has 0 fully saturated rings. The van der Waals surface area contributed by atoms with Crippen molar-refractivity contribution in [3.8, 4) is 0 Å². The number of hydrogen-bond acceptors (Lipinski definition) is 2. The van der Waals surface area contributed by atoms with Gasteiger partial charge in [0.15, 0.2) is 0 Å². The smallest absolute Gasteiger partial charge is 0.0300 e. The summed E-state index contributed by atoms with van der Waals surface area (Å²) in [6.45, 7) is 7.95. The Labute approximate surface area is 87.4 Å². The molecule has 0 unspecified atom stereocenters. The first-order valence-electron chi connectivity index (χ1n) is 4.65. The molecule has 0 rings (SSSR count). The van der Waals surface area contributed by atoms with Gasteiger partial charge in [0.05, 0.1) is 0 Å². The average Bonchev–Trinajstić information content (AvgIpc) is 2.22. The van der Waals surface area contributed by atoms with Crippen LogP contribution in [0.25, 0.3) is 0 Å². The number of allylic oxidation sites excluding steroid dienone is 2. The predicted octanol–water partition coefficient (Wildman–Crippen LogP) is 3.74. The molecule has 2 nitrogen and oxygen atoms in total. The SMILES string of the molecule is CC=C=C=N.CC=C=C=N.CCCC. The van der Waals surface area contributed by atoms with Gasteiger partial charge in [0.25, 0.3) is 0 Å². The minimum absolute atomic E-state index is 1.32. The molecule has 0 amide bonds. The van der Waals surface area contributed by atoms with Gasteiger partial charge in [-0.25, -0.2) is 0 Å². The van der Waals surface area contributed by atoms with Crippen LogP contribution in [0.5, 0.6) is 0 Å². The Hall–Kier alpha value is -1.54. The van der Waals surface area contributed by atoms with Crippen molar-refractivity contribution in [2.45, 2.75) is 40.5 Å². The molecule has 0 aromatic heterocycles. The highest BCUT2D eigenvalue weighted by Crippen LogP contribution is 1.76. The molecule has 0 saturated carbocycles. The summed E-state index contributed by atoms with van der Waals surface area (Å²) < 4.78 is 0. The molecular formula is C12H20N2. The van der Waals surface area contributed by atoms with Crippen LogP contribution in [0.4, 0.5) is 0 Å². The first-order valence-corrected chi connectivity index (χ1v) is 4.65. The summed E-state index contributed by atoms with van der Waals surface area (Å²) in [5.41, 5.74) is 4.81. The summed E-state index contributed by atoms with van der Waals surface area (Å²) in [7, 11) is 0. The van der Waals surface area contributed by atoms with Crippen molar-refractivity contribution < 1.29 is 0 Å². The highest BCUT2D eigenvalue weighted by Gasteiger charge is 1.56. The van der Waals surface area contributed by atoms with E-state index in [4.69, 9.17) is 10.8 Å². The van der Waals surface area contributed by atoms with E-state index in [1.165, 1.54) is 12.8 Å².